The molecule has 0 radical (unpaired) electrons. The molecule has 5 unspecified atom stereocenters. The van der Waals surface area contributed by atoms with Crippen LogP contribution in [-0.2, 0) is 0 Å². The molecule has 0 spiro atoms. The third kappa shape index (κ3) is 1.73. The Labute approximate surface area is 89.5 Å². The lowest BCUT2D eigenvalue weighted by Gasteiger charge is -2.37. The zero-order chi connectivity index (χ0) is 10.1. The molecule has 0 bridgehead atoms. The molecule has 2 fully saturated rings. The molecule has 5 atom stereocenters. The standard InChI is InChI=1S/C14H26/c1-4-11-8-13-7-6-12(5-2)10(3)14(13)9-11/h10-14H,4-9H2,1-3H3. The van der Waals surface area contributed by atoms with Crippen molar-refractivity contribution in [2.75, 3.05) is 0 Å². The Balaban J connectivity index is 2.00. The molecule has 82 valence electrons. The Hall–Kier alpha value is 0. The summed E-state index contributed by atoms with van der Waals surface area (Å²) in [5.41, 5.74) is 0. The smallest absolute Gasteiger partial charge is 0.0355 e. The van der Waals surface area contributed by atoms with E-state index in [1.165, 1.54) is 19.3 Å². The minimum atomic E-state index is 1.02. The van der Waals surface area contributed by atoms with Crippen LogP contribution in [0.3, 0.4) is 0 Å². The summed E-state index contributed by atoms with van der Waals surface area (Å²) in [6, 6.07) is 0. The summed E-state index contributed by atoms with van der Waals surface area (Å²) in [5.74, 6) is 5.35. The van der Waals surface area contributed by atoms with Crippen molar-refractivity contribution in [2.24, 2.45) is 29.6 Å². The molecule has 0 aromatic heterocycles. The summed E-state index contributed by atoms with van der Waals surface area (Å²) in [4.78, 5) is 0. The van der Waals surface area contributed by atoms with Crippen LogP contribution < -0.4 is 0 Å². The van der Waals surface area contributed by atoms with Crippen LogP contribution in [-0.4, -0.2) is 0 Å². The number of fused-ring (bicyclic) bond motifs is 1. The van der Waals surface area contributed by atoms with Crippen LogP contribution in [0.1, 0.15) is 59.3 Å². The van der Waals surface area contributed by atoms with Gasteiger partial charge in [0.1, 0.15) is 0 Å². The van der Waals surface area contributed by atoms with Crippen LogP contribution in [0.5, 0.6) is 0 Å². The van der Waals surface area contributed by atoms with Gasteiger partial charge >= 0.3 is 0 Å². The van der Waals surface area contributed by atoms with Gasteiger partial charge in [-0.15, -0.1) is 0 Å². The van der Waals surface area contributed by atoms with Crippen LogP contribution in [0.25, 0.3) is 0 Å². The van der Waals surface area contributed by atoms with Gasteiger partial charge in [0.2, 0.25) is 0 Å². The normalized spacial score (nSPS) is 47.8. The molecular formula is C14H26. The van der Waals surface area contributed by atoms with Crippen molar-refractivity contribution >= 4 is 0 Å². The maximum atomic E-state index is 2.53. The van der Waals surface area contributed by atoms with E-state index in [9.17, 15) is 0 Å². The lowest BCUT2D eigenvalue weighted by molar-refractivity contribution is 0.122. The zero-order valence-corrected chi connectivity index (χ0v) is 10.1. The highest BCUT2D eigenvalue weighted by atomic mass is 14.5. The average molecular weight is 194 g/mol. The molecule has 2 saturated carbocycles. The van der Waals surface area contributed by atoms with Gasteiger partial charge in [0.25, 0.3) is 0 Å². The fourth-order valence-corrected chi connectivity index (χ4v) is 4.20. The Morgan fingerprint density at radius 3 is 2.43 bits per heavy atom. The first-order valence-electron chi connectivity index (χ1n) is 6.76. The fourth-order valence-electron chi connectivity index (χ4n) is 4.20. The molecule has 0 aromatic carbocycles. The summed E-state index contributed by atoms with van der Waals surface area (Å²) in [7, 11) is 0. The first-order chi connectivity index (χ1) is 6.76. The minimum absolute atomic E-state index is 1.02. The molecule has 0 heteroatoms. The molecular weight excluding hydrogens is 168 g/mol. The molecule has 14 heavy (non-hydrogen) atoms. The molecule has 0 N–H and O–H groups in total. The molecule has 2 aliphatic rings. The number of hydrogen-bond donors (Lipinski definition) is 0. The van der Waals surface area contributed by atoms with Crippen molar-refractivity contribution in [3.63, 3.8) is 0 Å². The quantitative estimate of drug-likeness (QED) is 0.607. The maximum Gasteiger partial charge on any atom is -0.0355 e. The van der Waals surface area contributed by atoms with Gasteiger partial charge in [-0.2, -0.15) is 0 Å². The highest BCUT2D eigenvalue weighted by Gasteiger charge is 2.41. The largest absolute Gasteiger partial charge is 0.0651 e. The molecule has 2 aliphatic carbocycles. The zero-order valence-electron chi connectivity index (χ0n) is 10.1. The summed E-state index contributed by atoms with van der Waals surface area (Å²) in [5, 5.41) is 0. The van der Waals surface area contributed by atoms with Gasteiger partial charge in [-0.25, -0.2) is 0 Å². The van der Waals surface area contributed by atoms with Crippen LogP contribution in [0.15, 0.2) is 0 Å². The summed E-state index contributed by atoms with van der Waals surface area (Å²) >= 11 is 0. The van der Waals surface area contributed by atoms with Gasteiger partial charge in [0.05, 0.1) is 0 Å². The highest BCUT2D eigenvalue weighted by Crippen LogP contribution is 2.51. The number of rotatable bonds is 2. The second kappa shape index (κ2) is 4.24. The topological polar surface area (TPSA) is 0 Å². The predicted octanol–water partition coefficient (Wildman–Crippen LogP) is 4.49. The van der Waals surface area contributed by atoms with Crippen molar-refractivity contribution in [1.82, 2.24) is 0 Å². The number of hydrogen-bond acceptors (Lipinski definition) is 0. The van der Waals surface area contributed by atoms with E-state index >= 15 is 0 Å². The van der Waals surface area contributed by atoms with Crippen LogP contribution in [0, 0.1) is 29.6 Å². The van der Waals surface area contributed by atoms with E-state index in [0.29, 0.717) is 0 Å². The lowest BCUT2D eigenvalue weighted by Crippen LogP contribution is -2.29. The Bertz CT molecular complexity index is 184. The van der Waals surface area contributed by atoms with Gasteiger partial charge in [-0.05, 0) is 55.3 Å². The van der Waals surface area contributed by atoms with Crippen molar-refractivity contribution in [3.05, 3.63) is 0 Å². The predicted molar refractivity (Wildman–Crippen MR) is 62.2 cm³/mol. The van der Waals surface area contributed by atoms with Crippen LogP contribution in [0.2, 0.25) is 0 Å². The Morgan fingerprint density at radius 2 is 1.79 bits per heavy atom. The maximum absolute atomic E-state index is 2.53. The average Bonchev–Trinajstić information content (AvgIpc) is 2.62. The van der Waals surface area contributed by atoms with Crippen molar-refractivity contribution in [3.8, 4) is 0 Å². The summed E-state index contributed by atoms with van der Waals surface area (Å²) < 4.78 is 0. The monoisotopic (exact) mass is 194 g/mol. The van der Waals surface area contributed by atoms with Gasteiger partial charge in [-0.3, -0.25) is 0 Å². The second-order valence-electron chi connectivity index (χ2n) is 5.77. The highest BCUT2D eigenvalue weighted by molar-refractivity contribution is 4.91. The van der Waals surface area contributed by atoms with Gasteiger partial charge in [-0.1, -0.05) is 33.6 Å². The van der Waals surface area contributed by atoms with Crippen LogP contribution in [0.4, 0.5) is 0 Å². The van der Waals surface area contributed by atoms with Crippen molar-refractivity contribution in [2.45, 2.75) is 59.3 Å². The molecule has 2 rings (SSSR count). The van der Waals surface area contributed by atoms with E-state index in [2.05, 4.69) is 20.8 Å². The Kier molecular flexibility index (Phi) is 3.19. The fraction of sp³-hybridized carbons (Fsp3) is 1.00. The van der Waals surface area contributed by atoms with Crippen molar-refractivity contribution < 1.29 is 0 Å². The van der Waals surface area contributed by atoms with E-state index in [1.807, 2.05) is 0 Å². The Morgan fingerprint density at radius 1 is 1.00 bits per heavy atom. The second-order valence-corrected chi connectivity index (χ2v) is 5.77. The summed E-state index contributed by atoms with van der Waals surface area (Å²) in [6.45, 7) is 7.29. The minimum Gasteiger partial charge on any atom is -0.0651 e. The van der Waals surface area contributed by atoms with Gasteiger partial charge in [0, 0.05) is 0 Å². The third-order valence-corrected chi connectivity index (χ3v) is 5.28. The summed E-state index contributed by atoms with van der Waals surface area (Å²) in [6.07, 6.45) is 9.03. The molecule has 0 aliphatic heterocycles. The molecule has 0 heterocycles. The van der Waals surface area contributed by atoms with E-state index in [-0.39, 0.29) is 0 Å². The first-order valence-corrected chi connectivity index (χ1v) is 6.76. The lowest BCUT2D eigenvalue weighted by atomic mass is 9.68. The van der Waals surface area contributed by atoms with Crippen molar-refractivity contribution in [1.29, 1.82) is 0 Å². The molecule has 0 saturated heterocycles. The van der Waals surface area contributed by atoms with Crippen LogP contribution >= 0.6 is 0 Å². The van der Waals surface area contributed by atoms with E-state index in [0.717, 1.165) is 29.6 Å². The van der Waals surface area contributed by atoms with E-state index < -0.39 is 0 Å². The van der Waals surface area contributed by atoms with E-state index in [1.54, 1.807) is 19.3 Å². The SMILES string of the molecule is CCC1CC2CCC(CC)C(C)C2C1. The van der Waals surface area contributed by atoms with Gasteiger partial charge in [0.15, 0.2) is 0 Å². The first kappa shape index (κ1) is 10.5. The molecule has 0 amide bonds. The molecule has 0 aromatic rings. The van der Waals surface area contributed by atoms with Gasteiger partial charge < -0.3 is 0 Å². The molecule has 0 nitrogen and oxygen atoms in total. The van der Waals surface area contributed by atoms with E-state index in [4.69, 9.17) is 0 Å². The third-order valence-electron chi connectivity index (χ3n) is 5.28.